The number of fused-ring (bicyclic) bond motifs is 1. The Morgan fingerprint density at radius 3 is 2.11 bits per heavy atom. The lowest BCUT2D eigenvalue weighted by Crippen LogP contribution is -2.13. The molecule has 0 bridgehead atoms. The van der Waals surface area contributed by atoms with Gasteiger partial charge in [-0.05, 0) is 71.3 Å². The van der Waals surface area contributed by atoms with Crippen molar-refractivity contribution in [2.24, 2.45) is 5.14 Å². The topological polar surface area (TPSA) is 98.5 Å². The summed E-state index contributed by atoms with van der Waals surface area (Å²) >= 11 is 0. The van der Waals surface area contributed by atoms with Crippen LogP contribution in [0.25, 0.3) is 21.9 Å². The van der Waals surface area contributed by atoms with E-state index in [1.54, 1.807) is 54.6 Å². The summed E-state index contributed by atoms with van der Waals surface area (Å²) in [5.41, 5.74) is 3.03. The first-order valence-electron chi connectivity index (χ1n) is 11.6. The molecular weight excluding hydrogens is 484 g/mol. The van der Waals surface area contributed by atoms with Gasteiger partial charge in [0.2, 0.25) is 10.0 Å². The molecule has 0 heterocycles. The molecule has 184 valence electrons. The lowest BCUT2D eigenvalue weighted by atomic mass is 10.0. The number of amides is 1. The van der Waals surface area contributed by atoms with E-state index >= 15 is 0 Å². The largest absolute Gasteiger partial charge is 0.455 e. The number of hydrogen-bond acceptors (Lipinski definition) is 4. The molecule has 0 atom stereocenters. The minimum absolute atomic E-state index is 0.0299. The Morgan fingerprint density at radius 1 is 0.757 bits per heavy atom. The summed E-state index contributed by atoms with van der Waals surface area (Å²) in [5.74, 6) is 0.906. The lowest BCUT2D eigenvalue weighted by molar-refractivity contribution is 0.102. The average Bonchev–Trinajstić information content (AvgIpc) is 2.90. The number of benzene rings is 5. The zero-order valence-electron chi connectivity index (χ0n) is 20.0. The van der Waals surface area contributed by atoms with Crippen LogP contribution in [0.3, 0.4) is 0 Å². The molecule has 0 unspecified atom stereocenters. The molecule has 37 heavy (non-hydrogen) atoms. The third kappa shape index (κ3) is 5.23. The number of primary sulfonamides is 1. The number of anilines is 1. The maximum absolute atomic E-state index is 13.1. The molecule has 0 aromatic heterocycles. The number of hydrogen-bond donors (Lipinski definition) is 2. The number of carbonyl (C=O) groups is 1. The van der Waals surface area contributed by atoms with Crippen molar-refractivity contribution in [1.29, 1.82) is 0 Å². The Labute approximate surface area is 215 Å². The van der Waals surface area contributed by atoms with Crippen LogP contribution in [0, 0.1) is 6.92 Å². The number of ether oxygens (including phenoxy) is 1. The fourth-order valence-electron chi connectivity index (χ4n) is 4.17. The van der Waals surface area contributed by atoms with Crippen molar-refractivity contribution >= 4 is 32.4 Å². The normalized spacial score (nSPS) is 11.3. The molecule has 0 saturated heterocycles. The second kappa shape index (κ2) is 9.89. The Hall–Kier alpha value is -4.46. The van der Waals surface area contributed by atoms with Gasteiger partial charge in [0.05, 0.1) is 10.6 Å². The van der Waals surface area contributed by atoms with Crippen LogP contribution in [-0.4, -0.2) is 14.3 Å². The minimum atomic E-state index is -3.89. The molecule has 5 rings (SSSR count). The van der Waals surface area contributed by atoms with Crippen LogP contribution in [0.5, 0.6) is 11.5 Å². The fourth-order valence-corrected chi connectivity index (χ4v) is 4.93. The van der Waals surface area contributed by atoms with E-state index in [-0.39, 0.29) is 10.8 Å². The zero-order valence-corrected chi connectivity index (χ0v) is 20.8. The van der Waals surface area contributed by atoms with E-state index in [0.29, 0.717) is 33.9 Å². The van der Waals surface area contributed by atoms with Crippen molar-refractivity contribution < 1.29 is 17.9 Å². The van der Waals surface area contributed by atoms with Crippen LogP contribution in [0.4, 0.5) is 5.69 Å². The highest BCUT2D eigenvalue weighted by Crippen LogP contribution is 2.34. The molecule has 1 amide bonds. The van der Waals surface area contributed by atoms with E-state index in [1.807, 2.05) is 43.3 Å². The minimum Gasteiger partial charge on any atom is -0.455 e. The quantitative estimate of drug-likeness (QED) is 0.273. The van der Waals surface area contributed by atoms with Gasteiger partial charge in [-0.25, -0.2) is 13.6 Å². The predicted octanol–water partition coefficient (Wildman–Crippen LogP) is 6.51. The maximum Gasteiger partial charge on any atom is 0.255 e. The smallest absolute Gasteiger partial charge is 0.255 e. The van der Waals surface area contributed by atoms with Gasteiger partial charge in [0.15, 0.2) is 5.75 Å². The highest BCUT2D eigenvalue weighted by atomic mass is 32.2. The van der Waals surface area contributed by atoms with E-state index in [4.69, 9.17) is 9.88 Å². The monoisotopic (exact) mass is 508 g/mol. The molecular formula is C30H24N2O4S. The van der Waals surface area contributed by atoms with E-state index in [2.05, 4.69) is 17.4 Å². The standard InChI is InChI=1S/C30H24N2O4S/c1-20-18-23-8-2-3-9-24(23)19-28(20)36-27-12-6-5-11-26(27)32-30(33)22-16-14-21(15-17-22)25-10-4-7-13-29(25)37(31,34)35/h2-19H,1H3,(H,32,33)(H2,31,34,35). The fraction of sp³-hybridized carbons (Fsp3) is 0.0333. The van der Waals surface area contributed by atoms with Gasteiger partial charge in [0.25, 0.3) is 5.91 Å². The van der Waals surface area contributed by atoms with Crippen molar-refractivity contribution in [3.8, 4) is 22.6 Å². The molecule has 0 aliphatic carbocycles. The van der Waals surface area contributed by atoms with E-state index in [0.717, 1.165) is 16.3 Å². The van der Waals surface area contributed by atoms with Gasteiger partial charge in [-0.3, -0.25) is 4.79 Å². The molecule has 0 aliphatic rings. The second-order valence-corrected chi connectivity index (χ2v) is 10.2. The van der Waals surface area contributed by atoms with E-state index < -0.39 is 10.0 Å². The third-order valence-corrected chi connectivity index (χ3v) is 7.02. The molecule has 3 N–H and O–H groups in total. The van der Waals surface area contributed by atoms with Crippen LogP contribution >= 0.6 is 0 Å². The summed E-state index contributed by atoms with van der Waals surface area (Å²) in [4.78, 5) is 13.1. The second-order valence-electron chi connectivity index (χ2n) is 8.64. The molecule has 0 spiro atoms. The van der Waals surface area contributed by atoms with Gasteiger partial charge in [-0.1, -0.05) is 66.7 Å². The highest BCUT2D eigenvalue weighted by molar-refractivity contribution is 7.89. The Kier molecular flexibility index (Phi) is 6.48. The molecule has 5 aromatic carbocycles. The van der Waals surface area contributed by atoms with Gasteiger partial charge in [-0.15, -0.1) is 0 Å². The van der Waals surface area contributed by atoms with Crippen LogP contribution in [0.1, 0.15) is 15.9 Å². The lowest BCUT2D eigenvalue weighted by Gasteiger charge is -2.15. The van der Waals surface area contributed by atoms with Crippen molar-refractivity contribution in [3.63, 3.8) is 0 Å². The van der Waals surface area contributed by atoms with Crippen molar-refractivity contribution in [2.75, 3.05) is 5.32 Å². The molecule has 0 radical (unpaired) electrons. The number of para-hydroxylation sites is 2. The number of aryl methyl sites for hydroxylation is 1. The summed E-state index contributed by atoms with van der Waals surface area (Å²) in [6.07, 6.45) is 0. The average molecular weight is 509 g/mol. The van der Waals surface area contributed by atoms with E-state index in [9.17, 15) is 13.2 Å². The van der Waals surface area contributed by atoms with Crippen molar-refractivity contribution in [2.45, 2.75) is 11.8 Å². The highest BCUT2D eigenvalue weighted by Gasteiger charge is 2.16. The number of nitrogens with two attached hydrogens (primary N) is 1. The summed E-state index contributed by atoms with van der Waals surface area (Å²) in [6, 6.07) is 32.5. The maximum atomic E-state index is 13.1. The van der Waals surface area contributed by atoms with Crippen LogP contribution in [-0.2, 0) is 10.0 Å². The number of nitrogens with one attached hydrogen (secondary N) is 1. The van der Waals surface area contributed by atoms with Crippen molar-refractivity contribution in [3.05, 3.63) is 120 Å². The van der Waals surface area contributed by atoms with Gasteiger partial charge < -0.3 is 10.1 Å². The zero-order chi connectivity index (χ0) is 26.0. The summed E-state index contributed by atoms with van der Waals surface area (Å²) in [7, 11) is -3.89. The SMILES string of the molecule is Cc1cc2ccccc2cc1Oc1ccccc1NC(=O)c1ccc(-c2ccccc2S(N)(=O)=O)cc1. The van der Waals surface area contributed by atoms with Crippen LogP contribution in [0.2, 0.25) is 0 Å². The summed E-state index contributed by atoms with van der Waals surface area (Å²) in [6.45, 7) is 1.98. The number of carbonyl (C=O) groups excluding carboxylic acids is 1. The number of rotatable bonds is 6. The molecule has 6 nitrogen and oxygen atoms in total. The van der Waals surface area contributed by atoms with Gasteiger partial charge in [-0.2, -0.15) is 0 Å². The first kappa shape index (κ1) is 24.2. The Morgan fingerprint density at radius 2 is 1.38 bits per heavy atom. The summed E-state index contributed by atoms with van der Waals surface area (Å²) < 4.78 is 30.1. The molecule has 7 heteroatoms. The molecule has 0 aliphatic heterocycles. The third-order valence-electron chi connectivity index (χ3n) is 6.05. The van der Waals surface area contributed by atoms with E-state index in [1.165, 1.54) is 6.07 Å². The molecule has 0 fully saturated rings. The Bertz CT molecular complexity index is 1730. The molecule has 0 saturated carbocycles. The predicted molar refractivity (Wildman–Crippen MR) is 146 cm³/mol. The first-order valence-corrected chi connectivity index (χ1v) is 13.1. The summed E-state index contributed by atoms with van der Waals surface area (Å²) in [5, 5.41) is 10.5. The van der Waals surface area contributed by atoms with Gasteiger partial charge in [0, 0.05) is 11.1 Å². The number of sulfonamides is 1. The van der Waals surface area contributed by atoms with Crippen molar-refractivity contribution in [1.82, 2.24) is 0 Å². The Balaban J connectivity index is 1.38. The first-order chi connectivity index (χ1) is 17.8. The molecule has 5 aromatic rings. The van der Waals surface area contributed by atoms with Gasteiger partial charge >= 0.3 is 0 Å². The van der Waals surface area contributed by atoms with Gasteiger partial charge in [0.1, 0.15) is 5.75 Å². The van der Waals surface area contributed by atoms with Crippen LogP contribution in [0.15, 0.2) is 114 Å². The van der Waals surface area contributed by atoms with Crippen LogP contribution < -0.4 is 15.2 Å².